The van der Waals surface area contributed by atoms with E-state index in [1.807, 2.05) is 0 Å². The molecule has 41 heavy (non-hydrogen) atoms. The van der Waals surface area contributed by atoms with Crippen LogP contribution in [0.3, 0.4) is 0 Å². The number of rotatable bonds is 8. The number of alkyl halides is 6. The molecule has 1 heterocycles. The summed E-state index contributed by atoms with van der Waals surface area (Å²) in [6.07, 6.45) is -10.7. The van der Waals surface area contributed by atoms with E-state index in [2.05, 4.69) is 0 Å². The smallest absolute Gasteiger partial charge is 0.407 e. The van der Waals surface area contributed by atoms with Crippen LogP contribution in [0.5, 0.6) is 5.75 Å². The Balaban J connectivity index is 1.63. The number of hydrogen-bond acceptors (Lipinski definition) is 5. The van der Waals surface area contributed by atoms with E-state index in [-0.39, 0.29) is 50.2 Å². The number of nitrogens with zero attached hydrogens (tertiary/aromatic N) is 3. The van der Waals surface area contributed by atoms with Crippen LogP contribution in [0.2, 0.25) is 0 Å². The van der Waals surface area contributed by atoms with E-state index >= 15 is 0 Å². The Bertz CT molecular complexity index is 1260. The number of methoxy groups -OCH3 is 1. The Morgan fingerprint density at radius 2 is 1.66 bits per heavy atom. The number of carbonyl (C=O) groups is 2. The molecule has 2 aliphatic rings. The Morgan fingerprint density at radius 1 is 1.00 bits per heavy atom. The molecule has 0 N–H and O–H groups in total. The van der Waals surface area contributed by atoms with Crippen molar-refractivity contribution in [3.8, 4) is 5.75 Å². The minimum atomic E-state index is -5.39. The zero-order chi connectivity index (χ0) is 30.1. The van der Waals surface area contributed by atoms with E-state index in [1.54, 1.807) is 7.11 Å². The van der Waals surface area contributed by atoms with Gasteiger partial charge in [-0.25, -0.2) is 14.0 Å². The quantitative estimate of drug-likeness (QED) is 0.355. The van der Waals surface area contributed by atoms with Crippen molar-refractivity contribution in [2.75, 3.05) is 50.2 Å². The third kappa shape index (κ3) is 6.84. The van der Waals surface area contributed by atoms with Crippen LogP contribution in [-0.4, -0.2) is 69.6 Å². The highest BCUT2D eigenvalue weighted by Gasteiger charge is 2.44. The number of anilines is 2. The van der Waals surface area contributed by atoms with E-state index in [0.29, 0.717) is 23.8 Å². The first kappa shape index (κ1) is 30.4. The second-order valence-electron chi connectivity index (χ2n) is 9.51. The molecule has 3 amide bonds. The molecule has 2 fully saturated rings. The molecule has 2 aromatic rings. The average molecular weight is 593 g/mol. The molecule has 2 aromatic carbocycles. The minimum absolute atomic E-state index is 0.0198. The molecule has 1 aliphatic carbocycles. The van der Waals surface area contributed by atoms with Crippen molar-refractivity contribution in [1.82, 2.24) is 4.90 Å². The molecule has 0 aromatic heterocycles. The van der Waals surface area contributed by atoms with Crippen LogP contribution in [0.25, 0.3) is 0 Å². The van der Waals surface area contributed by atoms with Crippen LogP contribution < -0.4 is 14.5 Å². The van der Waals surface area contributed by atoms with E-state index in [9.17, 15) is 40.3 Å². The lowest BCUT2D eigenvalue weighted by molar-refractivity contribution is -0.143. The summed E-state index contributed by atoms with van der Waals surface area (Å²) >= 11 is 0. The standard InChI is InChI=1S/C26H26F7N3O5/c1-34(17-5-3-16(27)4-6-17)24(38)41-22-20(26(31,32)33)11-15(25(28,29)30)12-21(22)36-8-7-35(23(36)37)9-10-40-19-13-18(14-19)39-2/h3-6,11-12,18-19H,7-10,13-14H2,1-2H3. The minimum Gasteiger partial charge on any atom is -0.407 e. The van der Waals surface area contributed by atoms with Crippen LogP contribution in [0.15, 0.2) is 36.4 Å². The maximum atomic E-state index is 14.1. The molecule has 1 aliphatic heterocycles. The van der Waals surface area contributed by atoms with Gasteiger partial charge in [0.25, 0.3) is 0 Å². The second-order valence-corrected chi connectivity index (χ2v) is 9.51. The molecule has 0 spiro atoms. The van der Waals surface area contributed by atoms with E-state index in [4.69, 9.17) is 14.2 Å². The van der Waals surface area contributed by atoms with Gasteiger partial charge in [0.15, 0.2) is 5.75 Å². The molecule has 0 atom stereocenters. The van der Waals surface area contributed by atoms with Crippen molar-refractivity contribution in [2.45, 2.75) is 37.4 Å². The zero-order valence-electron chi connectivity index (χ0n) is 21.9. The van der Waals surface area contributed by atoms with Crippen LogP contribution in [-0.2, 0) is 21.8 Å². The highest BCUT2D eigenvalue weighted by atomic mass is 19.4. The van der Waals surface area contributed by atoms with Crippen molar-refractivity contribution in [1.29, 1.82) is 0 Å². The van der Waals surface area contributed by atoms with Crippen LogP contribution in [0.1, 0.15) is 24.0 Å². The summed E-state index contributed by atoms with van der Waals surface area (Å²) in [4.78, 5) is 28.6. The lowest BCUT2D eigenvalue weighted by atomic mass is 9.92. The molecule has 0 bridgehead atoms. The van der Waals surface area contributed by atoms with Gasteiger partial charge in [0.1, 0.15) is 11.4 Å². The number of halogens is 7. The highest BCUT2D eigenvalue weighted by Crippen LogP contribution is 2.47. The summed E-state index contributed by atoms with van der Waals surface area (Å²) in [5, 5.41) is 0. The predicted molar refractivity (Wildman–Crippen MR) is 131 cm³/mol. The van der Waals surface area contributed by atoms with Crippen LogP contribution >= 0.6 is 0 Å². The number of urea groups is 1. The number of benzene rings is 2. The summed E-state index contributed by atoms with van der Waals surface area (Å²) < 4.78 is 112. The first-order valence-corrected chi connectivity index (χ1v) is 12.4. The largest absolute Gasteiger partial charge is 0.420 e. The molecule has 4 rings (SSSR count). The first-order chi connectivity index (χ1) is 19.2. The molecule has 224 valence electrons. The predicted octanol–water partition coefficient (Wildman–Crippen LogP) is 5.93. The zero-order valence-corrected chi connectivity index (χ0v) is 21.9. The Morgan fingerprint density at radius 3 is 2.24 bits per heavy atom. The van der Waals surface area contributed by atoms with Gasteiger partial charge in [-0.05, 0) is 49.2 Å². The summed E-state index contributed by atoms with van der Waals surface area (Å²) in [6.45, 7) is -0.155. The van der Waals surface area contributed by atoms with E-state index < -0.39 is 52.9 Å². The summed E-state index contributed by atoms with van der Waals surface area (Å²) in [5.41, 5.74) is -4.41. The molecular formula is C26H26F7N3O5. The monoisotopic (exact) mass is 593 g/mol. The number of ether oxygens (including phenoxy) is 3. The van der Waals surface area contributed by atoms with Crippen molar-refractivity contribution < 1.29 is 54.5 Å². The lowest BCUT2D eigenvalue weighted by Gasteiger charge is -2.34. The van der Waals surface area contributed by atoms with Crippen molar-refractivity contribution in [2.24, 2.45) is 0 Å². The first-order valence-electron chi connectivity index (χ1n) is 12.4. The molecule has 0 radical (unpaired) electrons. The maximum absolute atomic E-state index is 14.1. The molecular weight excluding hydrogens is 567 g/mol. The van der Waals surface area contributed by atoms with Gasteiger partial charge in [-0.3, -0.25) is 9.80 Å². The van der Waals surface area contributed by atoms with Crippen molar-refractivity contribution >= 4 is 23.5 Å². The highest BCUT2D eigenvalue weighted by molar-refractivity contribution is 5.97. The van der Waals surface area contributed by atoms with Gasteiger partial charge in [-0.1, -0.05) is 0 Å². The number of carbonyl (C=O) groups excluding carboxylic acids is 2. The molecule has 1 saturated heterocycles. The molecule has 15 heteroatoms. The van der Waals surface area contributed by atoms with Crippen molar-refractivity contribution in [3.63, 3.8) is 0 Å². The molecule has 8 nitrogen and oxygen atoms in total. The van der Waals surface area contributed by atoms with Crippen molar-refractivity contribution in [3.05, 3.63) is 53.3 Å². The third-order valence-electron chi connectivity index (χ3n) is 6.86. The topological polar surface area (TPSA) is 71.6 Å². The van der Waals surface area contributed by atoms with Gasteiger partial charge in [-0.15, -0.1) is 0 Å². The fourth-order valence-corrected chi connectivity index (χ4v) is 4.41. The Labute approximate surface area is 230 Å². The summed E-state index contributed by atoms with van der Waals surface area (Å²) in [5.74, 6) is -1.91. The summed E-state index contributed by atoms with van der Waals surface area (Å²) in [6, 6.07) is 3.57. The van der Waals surface area contributed by atoms with Crippen LogP contribution in [0, 0.1) is 5.82 Å². The van der Waals surface area contributed by atoms with Gasteiger partial charge < -0.3 is 19.1 Å². The van der Waals surface area contributed by atoms with Gasteiger partial charge in [0.05, 0.1) is 30.1 Å². The Hall–Kier alpha value is -3.59. The van der Waals surface area contributed by atoms with Gasteiger partial charge >= 0.3 is 24.5 Å². The molecule has 1 saturated carbocycles. The third-order valence-corrected chi connectivity index (χ3v) is 6.86. The SMILES string of the molecule is COC1CC(OCCN2CCN(c3cc(C(F)(F)F)cc(C(F)(F)F)c3OC(=O)N(C)c3ccc(F)cc3)C2=O)C1. The average Bonchev–Trinajstić information content (AvgIpc) is 3.23. The van der Waals surface area contributed by atoms with Gasteiger partial charge in [0.2, 0.25) is 0 Å². The van der Waals surface area contributed by atoms with Gasteiger partial charge in [0, 0.05) is 39.5 Å². The number of hydrogen-bond donors (Lipinski definition) is 0. The summed E-state index contributed by atoms with van der Waals surface area (Å²) in [7, 11) is 2.69. The lowest BCUT2D eigenvalue weighted by Crippen LogP contribution is -2.39. The van der Waals surface area contributed by atoms with Gasteiger partial charge in [-0.2, -0.15) is 26.3 Å². The second kappa shape index (κ2) is 11.7. The van der Waals surface area contributed by atoms with E-state index in [0.717, 1.165) is 36.2 Å². The Kier molecular flexibility index (Phi) is 8.68. The van der Waals surface area contributed by atoms with Crippen LogP contribution in [0.4, 0.5) is 51.7 Å². The number of amides is 3. The maximum Gasteiger partial charge on any atom is 0.420 e. The van der Waals surface area contributed by atoms with E-state index in [1.165, 1.54) is 4.90 Å². The fraction of sp³-hybridized carbons (Fsp3) is 0.462. The fourth-order valence-electron chi connectivity index (χ4n) is 4.41. The molecule has 0 unspecified atom stereocenters. The normalized spacial score (nSPS) is 19.4.